The minimum absolute atomic E-state index is 0.143. The van der Waals surface area contributed by atoms with E-state index < -0.39 is 27.7 Å². The Morgan fingerprint density at radius 2 is 1.86 bits per heavy atom. The molecule has 8 nitrogen and oxygen atoms in total. The van der Waals surface area contributed by atoms with Crippen molar-refractivity contribution in [2.45, 2.75) is 18.7 Å². The average Bonchev–Trinajstić information content (AvgIpc) is 3.20. The number of nitrogens with zero attached hydrogens (tertiary/aromatic N) is 2. The molecule has 1 aliphatic heterocycles. The SMILES string of the molecule is CCOC(=O)[C@@H]1c2c[nH]c3c(=O)n(C)cc(c23)-c2cc(CS(C)(=O)=O)ccc2N1c1ccc(F)cc1. The van der Waals surface area contributed by atoms with Gasteiger partial charge >= 0.3 is 5.97 Å². The van der Waals surface area contributed by atoms with Crippen molar-refractivity contribution in [2.75, 3.05) is 17.8 Å². The number of nitrogens with one attached hydrogen (secondary N) is 1. The average molecular weight is 510 g/mol. The summed E-state index contributed by atoms with van der Waals surface area (Å²) in [6, 6.07) is 9.94. The van der Waals surface area contributed by atoms with Crippen LogP contribution in [0.3, 0.4) is 0 Å². The normalized spacial score (nSPS) is 15.0. The minimum Gasteiger partial charge on any atom is -0.464 e. The van der Waals surface area contributed by atoms with Crippen molar-refractivity contribution in [1.82, 2.24) is 9.55 Å². The van der Waals surface area contributed by atoms with Gasteiger partial charge in [0, 0.05) is 53.5 Å². The fraction of sp³-hybridized carbons (Fsp3) is 0.231. The summed E-state index contributed by atoms with van der Waals surface area (Å²) in [6.07, 6.45) is 4.47. The van der Waals surface area contributed by atoms with E-state index in [1.807, 2.05) is 0 Å². The maximum absolute atomic E-state index is 13.8. The number of benzene rings is 2. The Labute approximate surface area is 206 Å². The van der Waals surface area contributed by atoms with Crippen LogP contribution in [0.5, 0.6) is 0 Å². The highest BCUT2D eigenvalue weighted by molar-refractivity contribution is 7.89. The van der Waals surface area contributed by atoms with Crippen molar-refractivity contribution in [2.24, 2.45) is 7.05 Å². The van der Waals surface area contributed by atoms with Gasteiger partial charge in [-0.1, -0.05) is 6.07 Å². The zero-order valence-corrected chi connectivity index (χ0v) is 20.7. The maximum atomic E-state index is 13.8. The first-order chi connectivity index (χ1) is 17.1. The van der Waals surface area contributed by atoms with E-state index in [-0.39, 0.29) is 17.9 Å². The van der Waals surface area contributed by atoms with Gasteiger partial charge in [-0.15, -0.1) is 0 Å². The number of sulfone groups is 1. The lowest BCUT2D eigenvalue weighted by molar-refractivity contribution is -0.144. The lowest BCUT2D eigenvalue weighted by Gasteiger charge is -2.32. The molecule has 4 aromatic rings. The number of aromatic nitrogens is 2. The Balaban J connectivity index is 1.91. The number of ether oxygens (including phenoxy) is 1. The fourth-order valence-electron chi connectivity index (χ4n) is 4.83. The Hall–Kier alpha value is -3.92. The van der Waals surface area contributed by atoms with Crippen molar-refractivity contribution >= 4 is 38.1 Å². The number of H-pyrrole nitrogens is 1. The highest BCUT2D eigenvalue weighted by Gasteiger charge is 2.38. The van der Waals surface area contributed by atoms with E-state index in [4.69, 9.17) is 4.74 Å². The topological polar surface area (TPSA) is 101 Å². The van der Waals surface area contributed by atoms with Crippen LogP contribution in [0, 0.1) is 5.82 Å². The van der Waals surface area contributed by atoms with Gasteiger partial charge in [0.15, 0.2) is 15.9 Å². The molecule has 0 unspecified atom stereocenters. The van der Waals surface area contributed by atoms with Crippen LogP contribution in [0.15, 0.2) is 59.7 Å². The number of aromatic amines is 1. The van der Waals surface area contributed by atoms with E-state index in [0.717, 1.165) is 6.26 Å². The smallest absolute Gasteiger partial charge is 0.333 e. The Kier molecular flexibility index (Phi) is 5.71. The summed E-state index contributed by atoms with van der Waals surface area (Å²) in [5.41, 5.74) is 3.55. The van der Waals surface area contributed by atoms with Gasteiger partial charge in [-0.2, -0.15) is 0 Å². The molecule has 0 spiro atoms. The number of fused-ring (bicyclic) bond motifs is 2. The molecule has 0 amide bonds. The van der Waals surface area contributed by atoms with Gasteiger partial charge in [0.25, 0.3) is 5.56 Å². The van der Waals surface area contributed by atoms with Gasteiger partial charge in [0.05, 0.1) is 18.0 Å². The van der Waals surface area contributed by atoms with E-state index in [9.17, 15) is 22.4 Å². The number of rotatable bonds is 5. The Morgan fingerprint density at radius 3 is 2.53 bits per heavy atom. The summed E-state index contributed by atoms with van der Waals surface area (Å²) in [4.78, 5) is 31.2. The fourth-order valence-corrected chi connectivity index (χ4v) is 5.62. The van der Waals surface area contributed by atoms with E-state index in [1.54, 1.807) is 61.6 Å². The van der Waals surface area contributed by atoms with Crippen LogP contribution in [0.2, 0.25) is 0 Å². The standard InChI is InChI=1S/C26H24FN3O5S/c1-4-35-26(32)24-19-12-28-23-22(19)20(13-29(2)25(23)31)18-11-15(14-36(3,33)34)5-10-21(18)30(24)17-8-6-16(27)7-9-17/h5-13,24,28H,4,14H2,1-3H3/t24-/m0/s1. The predicted molar refractivity (Wildman–Crippen MR) is 135 cm³/mol. The Bertz CT molecular complexity index is 1670. The second-order valence-electron chi connectivity index (χ2n) is 8.88. The van der Waals surface area contributed by atoms with Crippen molar-refractivity contribution in [1.29, 1.82) is 0 Å². The third kappa shape index (κ3) is 3.97. The number of esters is 1. The van der Waals surface area contributed by atoms with Crippen molar-refractivity contribution in [3.63, 3.8) is 0 Å². The monoisotopic (exact) mass is 509 g/mol. The number of hydrogen-bond acceptors (Lipinski definition) is 6. The zero-order valence-electron chi connectivity index (χ0n) is 19.9. The molecule has 0 bridgehead atoms. The largest absolute Gasteiger partial charge is 0.464 e. The number of aryl methyl sites for hydroxylation is 1. The van der Waals surface area contributed by atoms with Crippen LogP contribution in [0.4, 0.5) is 15.8 Å². The van der Waals surface area contributed by atoms with Crippen molar-refractivity contribution in [3.8, 4) is 11.1 Å². The predicted octanol–water partition coefficient (Wildman–Crippen LogP) is 3.97. The Morgan fingerprint density at radius 1 is 1.14 bits per heavy atom. The zero-order chi connectivity index (χ0) is 25.8. The molecule has 2 aromatic carbocycles. The van der Waals surface area contributed by atoms with Crippen LogP contribution in [-0.2, 0) is 32.2 Å². The van der Waals surface area contributed by atoms with E-state index >= 15 is 0 Å². The highest BCUT2D eigenvalue weighted by atomic mass is 32.2. The van der Waals surface area contributed by atoms with Crippen LogP contribution >= 0.6 is 0 Å². The second-order valence-corrected chi connectivity index (χ2v) is 11.0. The van der Waals surface area contributed by atoms with Crippen molar-refractivity contribution < 1.29 is 22.3 Å². The molecule has 10 heteroatoms. The third-order valence-corrected chi connectivity index (χ3v) is 7.10. The molecule has 1 atom stereocenters. The van der Waals surface area contributed by atoms with Gasteiger partial charge in [-0.25, -0.2) is 17.6 Å². The third-order valence-electron chi connectivity index (χ3n) is 6.24. The van der Waals surface area contributed by atoms with Gasteiger partial charge in [0.2, 0.25) is 0 Å². The van der Waals surface area contributed by atoms with Crippen LogP contribution in [0.25, 0.3) is 22.0 Å². The van der Waals surface area contributed by atoms with E-state index in [1.165, 1.54) is 16.7 Å². The molecule has 2 aromatic heterocycles. The van der Waals surface area contributed by atoms with Crippen LogP contribution < -0.4 is 10.5 Å². The molecule has 0 radical (unpaired) electrons. The molecule has 1 aliphatic rings. The molecular formula is C26H24FN3O5S. The highest BCUT2D eigenvalue weighted by Crippen LogP contribution is 2.48. The van der Waals surface area contributed by atoms with Crippen LogP contribution in [0.1, 0.15) is 24.1 Å². The minimum atomic E-state index is -3.32. The molecule has 0 aliphatic carbocycles. The van der Waals surface area contributed by atoms with Gasteiger partial charge in [-0.05, 0) is 48.9 Å². The van der Waals surface area contributed by atoms with Gasteiger partial charge in [0.1, 0.15) is 11.3 Å². The van der Waals surface area contributed by atoms with Crippen LogP contribution in [-0.4, -0.2) is 36.8 Å². The summed E-state index contributed by atoms with van der Waals surface area (Å²) in [7, 11) is -1.69. The first kappa shape index (κ1) is 23.8. The summed E-state index contributed by atoms with van der Waals surface area (Å²) < 4.78 is 44.9. The lowest BCUT2D eigenvalue weighted by Crippen LogP contribution is -2.31. The summed E-state index contributed by atoms with van der Waals surface area (Å²) in [5, 5.41) is 0.554. The molecular weight excluding hydrogens is 485 g/mol. The maximum Gasteiger partial charge on any atom is 0.333 e. The van der Waals surface area contributed by atoms with E-state index in [2.05, 4.69) is 4.98 Å². The first-order valence-corrected chi connectivity index (χ1v) is 13.4. The number of carbonyl (C=O) groups is 1. The molecule has 0 saturated heterocycles. The van der Waals surface area contributed by atoms with Gasteiger partial charge in [-0.3, -0.25) is 4.79 Å². The van der Waals surface area contributed by atoms with E-state index in [0.29, 0.717) is 44.5 Å². The number of anilines is 2. The molecule has 0 fully saturated rings. The number of halogens is 1. The second kappa shape index (κ2) is 8.63. The summed E-state index contributed by atoms with van der Waals surface area (Å²) in [5.74, 6) is -1.14. The molecule has 3 heterocycles. The lowest BCUT2D eigenvalue weighted by atomic mass is 9.98. The molecule has 36 heavy (non-hydrogen) atoms. The van der Waals surface area contributed by atoms with Gasteiger partial charge < -0.3 is 19.2 Å². The molecule has 0 saturated carbocycles. The number of carbonyl (C=O) groups excluding carboxylic acids is 1. The van der Waals surface area contributed by atoms with Crippen molar-refractivity contribution in [3.05, 3.63) is 82.2 Å². The number of pyridine rings is 1. The first-order valence-electron chi connectivity index (χ1n) is 11.3. The number of hydrogen-bond donors (Lipinski definition) is 1. The molecule has 186 valence electrons. The molecule has 5 rings (SSSR count). The summed E-state index contributed by atoms with van der Waals surface area (Å²) >= 11 is 0. The molecule has 1 N–H and O–H groups in total. The quantitative estimate of drug-likeness (QED) is 0.409. The summed E-state index contributed by atoms with van der Waals surface area (Å²) in [6.45, 7) is 1.85.